The van der Waals surface area contributed by atoms with Crippen molar-refractivity contribution < 1.29 is 24.6 Å². The number of anilines is 1. The lowest BCUT2D eigenvalue weighted by molar-refractivity contribution is -0.145. The molecule has 1 aromatic rings. The predicted octanol–water partition coefficient (Wildman–Crippen LogP) is 0.312. The van der Waals surface area contributed by atoms with Crippen LogP contribution in [0.1, 0.15) is 22.3 Å². The Balaban J connectivity index is 2.10. The lowest BCUT2D eigenvalue weighted by atomic mass is 10.1. The Hall–Kier alpha value is -2.57. The fourth-order valence-corrected chi connectivity index (χ4v) is 2.05. The summed E-state index contributed by atoms with van der Waals surface area (Å²) in [5.41, 5.74) is 2.25. The largest absolute Gasteiger partial charge is 0.481 e. The van der Waals surface area contributed by atoms with Crippen molar-refractivity contribution in [1.82, 2.24) is 5.32 Å². The number of hydrogen-bond acceptors (Lipinski definition) is 4. The van der Waals surface area contributed by atoms with E-state index < -0.39 is 30.3 Å². The van der Waals surface area contributed by atoms with Crippen LogP contribution in [0.4, 0.5) is 5.69 Å². The van der Waals surface area contributed by atoms with Crippen molar-refractivity contribution in [3.05, 3.63) is 29.3 Å². The molecule has 2 rings (SSSR count). The smallest absolute Gasteiger partial charge is 0.326 e. The van der Waals surface area contributed by atoms with Gasteiger partial charge in [0.25, 0.3) is 5.91 Å². The molecule has 7 nitrogen and oxygen atoms in total. The van der Waals surface area contributed by atoms with E-state index >= 15 is 0 Å². The topological polar surface area (TPSA) is 116 Å². The number of carbonyl (C=O) groups is 3. The Morgan fingerprint density at radius 2 is 2.05 bits per heavy atom. The summed E-state index contributed by atoms with van der Waals surface area (Å²) in [4.78, 5) is 33.4. The van der Waals surface area contributed by atoms with Crippen molar-refractivity contribution in [1.29, 1.82) is 0 Å². The Bertz CT molecular complexity index is 570. The van der Waals surface area contributed by atoms with Gasteiger partial charge in [0, 0.05) is 17.8 Å². The molecule has 1 atom stereocenters. The van der Waals surface area contributed by atoms with Gasteiger partial charge in [-0.05, 0) is 24.1 Å². The first-order chi connectivity index (χ1) is 9.47. The first kappa shape index (κ1) is 13.9. The number of benzene rings is 1. The molecule has 0 saturated heterocycles. The highest BCUT2D eigenvalue weighted by atomic mass is 16.4. The normalized spacial score (nSPS) is 14.0. The maximum absolute atomic E-state index is 11.9. The summed E-state index contributed by atoms with van der Waals surface area (Å²) in [6, 6.07) is 3.59. The minimum absolute atomic E-state index is 0.301. The maximum atomic E-state index is 11.9. The summed E-state index contributed by atoms with van der Waals surface area (Å²) >= 11 is 0. The van der Waals surface area contributed by atoms with E-state index in [2.05, 4.69) is 10.6 Å². The second-order valence-corrected chi connectivity index (χ2v) is 4.51. The number of amides is 1. The van der Waals surface area contributed by atoms with Crippen LogP contribution >= 0.6 is 0 Å². The molecule has 4 N–H and O–H groups in total. The molecule has 0 aromatic heterocycles. The molecule has 1 aliphatic heterocycles. The maximum Gasteiger partial charge on any atom is 0.326 e. The Kier molecular flexibility index (Phi) is 3.88. The predicted molar refractivity (Wildman–Crippen MR) is 69.8 cm³/mol. The van der Waals surface area contributed by atoms with Gasteiger partial charge < -0.3 is 20.8 Å². The van der Waals surface area contributed by atoms with Crippen molar-refractivity contribution >= 4 is 23.5 Å². The zero-order chi connectivity index (χ0) is 14.7. The van der Waals surface area contributed by atoms with E-state index in [4.69, 9.17) is 10.2 Å². The summed E-state index contributed by atoms with van der Waals surface area (Å²) in [7, 11) is 0. The van der Waals surface area contributed by atoms with E-state index in [-0.39, 0.29) is 0 Å². The second-order valence-electron chi connectivity index (χ2n) is 4.51. The van der Waals surface area contributed by atoms with Crippen molar-refractivity contribution in [3.63, 3.8) is 0 Å². The third-order valence-electron chi connectivity index (χ3n) is 3.06. The molecule has 20 heavy (non-hydrogen) atoms. The van der Waals surface area contributed by atoms with Gasteiger partial charge in [-0.2, -0.15) is 0 Å². The molecule has 1 heterocycles. The summed E-state index contributed by atoms with van der Waals surface area (Å²) in [5.74, 6) is -3.26. The van der Waals surface area contributed by atoms with Crippen LogP contribution in [0.5, 0.6) is 0 Å². The first-order valence-corrected chi connectivity index (χ1v) is 6.09. The van der Waals surface area contributed by atoms with Crippen LogP contribution in [0.15, 0.2) is 18.2 Å². The standard InChI is InChI=1S/C13H14N2O5/c16-11(17)6-10(13(19)20)15-12(18)8-2-1-7-3-4-14-9(7)5-8/h1-2,5,10,14H,3-4,6H2,(H,15,18)(H,16,17)(H,19,20). The Morgan fingerprint density at radius 3 is 2.70 bits per heavy atom. The number of aliphatic carboxylic acids is 2. The molecule has 0 saturated carbocycles. The van der Waals surface area contributed by atoms with Crippen LogP contribution < -0.4 is 10.6 Å². The fraction of sp³-hybridized carbons (Fsp3) is 0.308. The number of fused-ring (bicyclic) bond motifs is 1. The van der Waals surface area contributed by atoms with Gasteiger partial charge in [-0.25, -0.2) is 4.79 Å². The van der Waals surface area contributed by atoms with Crippen LogP contribution in [-0.2, 0) is 16.0 Å². The molecule has 0 spiro atoms. The van der Waals surface area contributed by atoms with E-state index in [1.807, 2.05) is 0 Å². The zero-order valence-corrected chi connectivity index (χ0v) is 10.5. The summed E-state index contributed by atoms with van der Waals surface area (Å²) < 4.78 is 0. The first-order valence-electron chi connectivity index (χ1n) is 6.09. The van der Waals surface area contributed by atoms with Gasteiger partial charge in [-0.3, -0.25) is 9.59 Å². The van der Waals surface area contributed by atoms with Crippen molar-refractivity contribution in [2.75, 3.05) is 11.9 Å². The fourth-order valence-electron chi connectivity index (χ4n) is 2.05. The monoisotopic (exact) mass is 278 g/mol. The number of carboxylic acid groups (broad SMARTS) is 2. The molecule has 1 aliphatic rings. The lowest BCUT2D eigenvalue weighted by Crippen LogP contribution is -2.42. The summed E-state index contributed by atoms with van der Waals surface area (Å²) in [6.07, 6.45) is 0.220. The van der Waals surface area contributed by atoms with Crippen LogP contribution in [0, 0.1) is 0 Å². The van der Waals surface area contributed by atoms with E-state index in [1.54, 1.807) is 18.2 Å². The van der Waals surface area contributed by atoms with Gasteiger partial charge in [0.15, 0.2) is 0 Å². The number of rotatable bonds is 5. The lowest BCUT2D eigenvalue weighted by Gasteiger charge is -2.13. The highest BCUT2D eigenvalue weighted by molar-refractivity contribution is 5.98. The molecule has 1 aromatic carbocycles. The zero-order valence-electron chi connectivity index (χ0n) is 10.5. The molecule has 7 heteroatoms. The van der Waals surface area contributed by atoms with Crippen LogP contribution in [-0.4, -0.2) is 40.6 Å². The number of nitrogens with one attached hydrogen (secondary N) is 2. The van der Waals surface area contributed by atoms with Crippen LogP contribution in [0.25, 0.3) is 0 Å². The Labute approximate surface area is 114 Å². The van der Waals surface area contributed by atoms with Crippen LogP contribution in [0.3, 0.4) is 0 Å². The van der Waals surface area contributed by atoms with E-state index in [9.17, 15) is 14.4 Å². The van der Waals surface area contributed by atoms with Gasteiger partial charge in [-0.15, -0.1) is 0 Å². The highest BCUT2D eigenvalue weighted by Gasteiger charge is 2.24. The Morgan fingerprint density at radius 1 is 1.30 bits per heavy atom. The second kappa shape index (κ2) is 5.60. The molecule has 106 valence electrons. The molecule has 0 radical (unpaired) electrons. The summed E-state index contributed by atoms with van der Waals surface area (Å²) in [5, 5.41) is 22.8. The molecule has 1 unspecified atom stereocenters. The van der Waals surface area contributed by atoms with E-state index in [0.717, 1.165) is 24.2 Å². The highest BCUT2D eigenvalue weighted by Crippen LogP contribution is 2.23. The van der Waals surface area contributed by atoms with Crippen molar-refractivity contribution in [2.24, 2.45) is 0 Å². The van der Waals surface area contributed by atoms with Crippen molar-refractivity contribution in [2.45, 2.75) is 18.9 Å². The molecule has 1 amide bonds. The number of hydrogen-bond donors (Lipinski definition) is 4. The van der Waals surface area contributed by atoms with Gasteiger partial charge in [-0.1, -0.05) is 6.07 Å². The van der Waals surface area contributed by atoms with Gasteiger partial charge in [0.1, 0.15) is 6.04 Å². The van der Waals surface area contributed by atoms with E-state index in [1.165, 1.54) is 0 Å². The van der Waals surface area contributed by atoms with Gasteiger partial charge >= 0.3 is 11.9 Å². The molecular formula is C13H14N2O5. The summed E-state index contributed by atoms with van der Waals surface area (Å²) in [6.45, 7) is 0.803. The third-order valence-corrected chi connectivity index (χ3v) is 3.06. The molecular weight excluding hydrogens is 264 g/mol. The van der Waals surface area contributed by atoms with Gasteiger partial charge in [0.2, 0.25) is 0 Å². The minimum Gasteiger partial charge on any atom is -0.481 e. The van der Waals surface area contributed by atoms with Crippen molar-refractivity contribution in [3.8, 4) is 0 Å². The van der Waals surface area contributed by atoms with Gasteiger partial charge in [0.05, 0.1) is 6.42 Å². The minimum atomic E-state index is -1.44. The average molecular weight is 278 g/mol. The number of carboxylic acids is 2. The van der Waals surface area contributed by atoms with E-state index in [0.29, 0.717) is 5.56 Å². The molecule has 0 aliphatic carbocycles. The average Bonchev–Trinajstić information content (AvgIpc) is 2.84. The quantitative estimate of drug-likeness (QED) is 0.616. The molecule has 0 bridgehead atoms. The third kappa shape index (κ3) is 3.05. The SMILES string of the molecule is O=C(O)CC(NC(=O)c1ccc2c(c1)NCC2)C(=O)O. The van der Waals surface area contributed by atoms with Crippen LogP contribution in [0.2, 0.25) is 0 Å². The molecule has 0 fully saturated rings. The number of carbonyl (C=O) groups excluding carboxylic acids is 1.